The van der Waals surface area contributed by atoms with Gasteiger partial charge in [-0.2, -0.15) is 0 Å². The van der Waals surface area contributed by atoms with Crippen molar-refractivity contribution in [1.29, 1.82) is 0 Å². The van der Waals surface area contributed by atoms with E-state index in [1.807, 2.05) is 11.8 Å². The third kappa shape index (κ3) is 3.04. The van der Waals surface area contributed by atoms with Crippen LogP contribution in [0.4, 0.5) is 0 Å². The van der Waals surface area contributed by atoms with Gasteiger partial charge in [-0.05, 0) is 50.1 Å². The smallest absolute Gasteiger partial charge is 0.267 e. The van der Waals surface area contributed by atoms with E-state index in [1.54, 1.807) is 0 Å². The molecule has 0 radical (unpaired) electrons. The van der Waals surface area contributed by atoms with E-state index in [2.05, 4.69) is 14.5 Å². The largest absolute Gasteiger partial charge is 0.339 e. The quantitative estimate of drug-likeness (QED) is 0.814. The lowest BCUT2D eigenvalue weighted by atomic mass is 9.77. The molecule has 2 aliphatic heterocycles. The summed E-state index contributed by atoms with van der Waals surface area (Å²) in [7, 11) is 0. The molecule has 3 heterocycles. The molecular weight excluding hydrogens is 348 g/mol. The summed E-state index contributed by atoms with van der Waals surface area (Å²) in [5.74, 6) is 0.320. The van der Waals surface area contributed by atoms with Crippen LogP contribution in [-0.2, 0) is 11.2 Å². The average molecular weight is 377 g/mol. The van der Waals surface area contributed by atoms with Crippen molar-refractivity contribution in [3.05, 3.63) is 10.6 Å². The molecular formula is C19H28N4O2S. The lowest BCUT2D eigenvalue weighted by Gasteiger charge is -2.44. The van der Waals surface area contributed by atoms with Crippen LogP contribution in [0.15, 0.2) is 0 Å². The summed E-state index contributed by atoms with van der Waals surface area (Å²) in [6, 6.07) is 0.426. The van der Waals surface area contributed by atoms with Crippen LogP contribution in [0, 0.1) is 5.41 Å². The molecule has 6 nitrogen and oxygen atoms in total. The van der Waals surface area contributed by atoms with Gasteiger partial charge in [0.2, 0.25) is 5.91 Å². The highest BCUT2D eigenvalue weighted by Crippen LogP contribution is 2.42. The predicted molar refractivity (Wildman–Crippen MR) is 100 cm³/mol. The van der Waals surface area contributed by atoms with Crippen LogP contribution in [0.2, 0.25) is 0 Å². The first-order chi connectivity index (χ1) is 12.6. The SMILES string of the molecule is CCc1nnsc1C(=O)N1CCC2(CCCN(C3CCCCC3)C2=O)C1. The fourth-order valence-electron chi connectivity index (χ4n) is 5.01. The summed E-state index contributed by atoms with van der Waals surface area (Å²) in [5, 5.41) is 4.07. The first-order valence-corrected chi connectivity index (χ1v) is 10.8. The normalized spacial score (nSPS) is 27.5. The zero-order valence-electron chi connectivity index (χ0n) is 15.6. The molecule has 1 spiro atoms. The molecule has 0 N–H and O–H groups in total. The summed E-state index contributed by atoms with van der Waals surface area (Å²) in [4.78, 5) is 31.0. The van der Waals surface area contributed by atoms with E-state index >= 15 is 0 Å². The van der Waals surface area contributed by atoms with Crippen molar-refractivity contribution >= 4 is 23.3 Å². The van der Waals surface area contributed by atoms with Crippen LogP contribution in [-0.4, -0.2) is 56.9 Å². The van der Waals surface area contributed by atoms with Crippen molar-refractivity contribution in [2.45, 2.75) is 70.8 Å². The van der Waals surface area contributed by atoms with Gasteiger partial charge in [0.05, 0.1) is 11.1 Å². The third-order valence-electron chi connectivity index (χ3n) is 6.51. The number of aryl methyl sites for hydroxylation is 1. The molecule has 2 saturated heterocycles. The van der Waals surface area contributed by atoms with E-state index in [-0.39, 0.29) is 11.3 Å². The Balaban J connectivity index is 1.49. The first kappa shape index (κ1) is 17.9. The van der Waals surface area contributed by atoms with Gasteiger partial charge in [-0.1, -0.05) is 30.7 Å². The highest BCUT2D eigenvalue weighted by Gasteiger charge is 2.50. The van der Waals surface area contributed by atoms with Crippen molar-refractivity contribution in [1.82, 2.24) is 19.4 Å². The van der Waals surface area contributed by atoms with E-state index in [9.17, 15) is 9.59 Å². The van der Waals surface area contributed by atoms with Crippen molar-refractivity contribution in [2.75, 3.05) is 19.6 Å². The fourth-order valence-corrected chi connectivity index (χ4v) is 5.73. The average Bonchev–Trinajstić information content (AvgIpc) is 3.32. The molecule has 1 saturated carbocycles. The van der Waals surface area contributed by atoms with Crippen LogP contribution in [0.5, 0.6) is 0 Å². The van der Waals surface area contributed by atoms with Gasteiger partial charge in [0.25, 0.3) is 5.91 Å². The molecule has 2 amide bonds. The Hall–Kier alpha value is -1.50. The second-order valence-corrected chi connectivity index (χ2v) is 8.81. The zero-order chi connectivity index (χ0) is 18.1. The Morgan fingerprint density at radius 2 is 2.00 bits per heavy atom. The van der Waals surface area contributed by atoms with Gasteiger partial charge in [-0.25, -0.2) is 0 Å². The van der Waals surface area contributed by atoms with Crippen molar-refractivity contribution in [3.8, 4) is 0 Å². The molecule has 1 aromatic heterocycles. The summed E-state index contributed by atoms with van der Waals surface area (Å²) in [6.45, 7) is 4.13. The number of carbonyl (C=O) groups is 2. The molecule has 4 rings (SSSR count). The van der Waals surface area contributed by atoms with Crippen LogP contribution in [0.25, 0.3) is 0 Å². The molecule has 1 aromatic rings. The Labute approximate surface area is 159 Å². The summed E-state index contributed by atoms with van der Waals surface area (Å²) < 4.78 is 3.95. The first-order valence-electron chi connectivity index (χ1n) is 10.1. The second kappa shape index (κ2) is 7.25. The number of hydrogen-bond donors (Lipinski definition) is 0. The van der Waals surface area contributed by atoms with E-state index in [0.29, 0.717) is 36.3 Å². The number of rotatable bonds is 3. The molecule has 26 heavy (non-hydrogen) atoms. The summed E-state index contributed by atoms with van der Waals surface area (Å²) in [6.07, 6.45) is 9.57. The highest BCUT2D eigenvalue weighted by atomic mass is 32.1. The topological polar surface area (TPSA) is 66.4 Å². The highest BCUT2D eigenvalue weighted by molar-refractivity contribution is 7.08. The maximum Gasteiger partial charge on any atom is 0.267 e. The molecule has 3 fully saturated rings. The fraction of sp³-hybridized carbons (Fsp3) is 0.789. The monoisotopic (exact) mass is 376 g/mol. The molecule has 0 bridgehead atoms. The standard InChI is InChI=1S/C19H28N4O2S/c1-2-15-16(26-21-20-15)17(24)22-12-10-19(13-22)9-6-11-23(18(19)25)14-7-4-3-5-8-14/h14H,2-13H2,1H3. The minimum Gasteiger partial charge on any atom is -0.339 e. The van der Waals surface area contributed by atoms with Crippen LogP contribution >= 0.6 is 11.5 Å². The van der Waals surface area contributed by atoms with Crippen LogP contribution < -0.4 is 0 Å². The van der Waals surface area contributed by atoms with Gasteiger partial charge in [0.1, 0.15) is 4.88 Å². The molecule has 3 aliphatic rings. The van der Waals surface area contributed by atoms with Gasteiger partial charge in [-0.3, -0.25) is 9.59 Å². The maximum absolute atomic E-state index is 13.4. The summed E-state index contributed by atoms with van der Waals surface area (Å²) >= 11 is 1.18. The number of likely N-dealkylation sites (tertiary alicyclic amines) is 2. The Morgan fingerprint density at radius 1 is 1.19 bits per heavy atom. The van der Waals surface area contributed by atoms with E-state index in [0.717, 1.165) is 44.3 Å². The van der Waals surface area contributed by atoms with Gasteiger partial charge >= 0.3 is 0 Å². The van der Waals surface area contributed by atoms with Gasteiger partial charge in [0.15, 0.2) is 0 Å². The van der Waals surface area contributed by atoms with Crippen molar-refractivity contribution < 1.29 is 9.59 Å². The van der Waals surface area contributed by atoms with Crippen LogP contribution in [0.1, 0.15) is 73.7 Å². The van der Waals surface area contributed by atoms with Crippen molar-refractivity contribution in [2.24, 2.45) is 5.41 Å². The summed E-state index contributed by atoms with van der Waals surface area (Å²) in [5.41, 5.74) is 0.426. The lowest BCUT2D eigenvalue weighted by Crippen LogP contribution is -2.54. The third-order valence-corrected chi connectivity index (χ3v) is 7.27. The molecule has 1 atom stereocenters. The van der Waals surface area contributed by atoms with E-state index < -0.39 is 0 Å². The molecule has 142 valence electrons. The molecule has 0 aromatic carbocycles. The van der Waals surface area contributed by atoms with E-state index in [1.165, 1.54) is 30.8 Å². The predicted octanol–water partition coefficient (Wildman–Crippen LogP) is 2.89. The number of piperidine rings is 1. The van der Waals surface area contributed by atoms with Crippen molar-refractivity contribution in [3.63, 3.8) is 0 Å². The molecule has 1 unspecified atom stereocenters. The number of carbonyl (C=O) groups excluding carboxylic acids is 2. The zero-order valence-corrected chi connectivity index (χ0v) is 16.4. The number of aromatic nitrogens is 2. The van der Waals surface area contributed by atoms with Crippen LogP contribution in [0.3, 0.4) is 0 Å². The Morgan fingerprint density at radius 3 is 2.77 bits per heavy atom. The minimum atomic E-state index is -0.351. The maximum atomic E-state index is 13.4. The minimum absolute atomic E-state index is 0.0105. The molecule has 1 aliphatic carbocycles. The number of hydrogen-bond acceptors (Lipinski definition) is 5. The number of nitrogens with zero attached hydrogens (tertiary/aromatic N) is 4. The Kier molecular flexibility index (Phi) is 4.99. The Bertz CT molecular complexity index is 685. The number of amides is 2. The molecule has 7 heteroatoms. The second-order valence-electron chi connectivity index (χ2n) is 8.05. The lowest BCUT2D eigenvalue weighted by molar-refractivity contribution is -0.149. The van der Waals surface area contributed by atoms with Gasteiger partial charge in [0, 0.05) is 25.7 Å². The van der Waals surface area contributed by atoms with Gasteiger partial charge in [-0.15, -0.1) is 5.10 Å². The van der Waals surface area contributed by atoms with E-state index in [4.69, 9.17) is 0 Å². The van der Waals surface area contributed by atoms with Gasteiger partial charge < -0.3 is 9.80 Å².